The number of thiophene rings is 1. The van der Waals surface area contributed by atoms with Crippen LogP contribution in [0.25, 0.3) is 20.4 Å². The van der Waals surface area contributed by atoms with Gasteiger partial charge in [-0.05, 0) is 25.5 Å². The van der Waals surface area contributed by atoms with Crippen LogP contribution in [-0.4, -0.2) is 19.7 Å². The summed E-state index contributed by atoms with van der Waals surface area (Å²) in [5, 5.41) is 12.3. The Morgan fingerprint density at radius 1 is 1.32 bits per heavy atom. The molecule has 22 heavy (non-hydrogen) atoms. The summed E-state index contributed by atoms with van der Waals surface area (Å²) in [5.74, 6) is 0.910. The van der Waals surface area contributed by atoms with Crippen molar-refractivity contribution in [3.05, 3.63) is 33.9 Å². The highest BCUT2D eigenvalue weighted by Crippen LogP contribution is 2.38. The second kappa shape index (κ2) is 5.03. The van der Waals surface area contributed by atoms with Crippen molar-refractivity contribution in [2.75, 3.05) is 5.32 Å². The normalized spacial score (nSPS) is 11.6. The first kappa shape index (κ1) is 13.7. The summed E-state index contributed by atoms with van der Waals surface area (Å²) >= 11 is 3.35. The minimum Gasteiger partial charge on any atom is -0.361 e. The number of aromatic nitrogens is 4. The minimum atomic E-state index is 0.698. The van der Waals surface area contributed by atoms with Crippen molar-refractivity contribution in [3.63, 3.8) is 0 Å². The number of hydrogen-bond donors (Lipinski definition) is 1. The fourth-order valence-electron chi connectivity index (χ4n) is 2.75. The Morgan fingerprint density at radius 2 is 2.18 bits per heavy atom. The molecule has 112 valence electrons. The lowest BCUT2D eigenvalue weighted by atomic mass is 10.1. The van der Waals surface area contributed by atoms with E-state index in [9.17, 15) is 0 Å². The second-order valence-electron chi connectivity index (χ2n) is 5.29. The second-order valence-corrected chi connectivity index (χ2v) is 7.27. The van der Waals surface area contributed by atoms with Gasteiger partial charge in [0, 0.05) is 29.7 Å². The Kier molecular flexibility index (Phi) is 3.12. The number of fused-ring (bicyclic) bond motifs is 3. The number of anilines is 1. The fourth-order valence-corrected chi connectivity index (χ4v) is 4.59. The van der Waals surface area contributed by atoms with Gasteiger partial charge < -0.3 is 5.32 Å². The molecule has 0 bridgehead atoms. The highest BCUT2D eigenvalue weighted by Gasteiger charge is 2.17. The highest BCUT2D eigenvalue weighted by molar-refractivity contribution is 7.26. The van der Waals surface area contributed by atoms with Gasteiger partial charge in [-0.1, -0.05) is 0 Å². The molecule has 0 saturated heterocycles. The van der Waals surface area contributed by atoms with E-state index in [4.69, 9.17) is 0 Å². The molecule has 0 amide bonds. The molecule has 7 heteroatoms. The topological polar surface area (TPSA) is 55.6 Å². The lowest BCUT2D eigenvalue weighted by Crippen LogP contribution is -2.00. The maximum absolute atomic E-state index is 4.68. The molecular formula is C15H15N5S2. The maximum atomic E-state index is 4.68. The zero-order chi connectivity index (χ0) is 15.3. The van der Waals surface area contributed by atoms with E-state index in [1.807, 2.05) is 30.2 Å². The van der Waals surface area contributed by atoms with Crippen molar-refractivity contribution in [2.45, 2.75) is 20.4 Å². The summed E-state index contributed by atoms with van der Waals surface area (Å²) in [4.78, 5) is 10.1. The molecular weight excluding hydrogens is 314 g/mol. The van der Waals surface area contributed by atoms with E-state index < -0.39 is 0 Å². The van der Waals surface area contributed by atoms with Crippen LogP contribution < -0.4 is 5.32 Å². The fraction of sp³-hybridized carbons (Fsp3) is 0.267. The number of aryl methyl sites for hydroxylation is 3. The van der Waals surface area contributed by atoms with Crippen LogP contribution in [0.2, 0.25) is 0 Å². The van der Waals surface area contributed by atoms with Gasteiger partial charge in [0.15, 0.2) is 5.82 Å². The van der Waals surface area contributed by atoms with E-state index in [-0.39, 0.29) is 0 Å². The van der Waals surface area contributed by atoms with Crippen LogP contribution in [0.3, 0.4) is 0 Å². The van der Waals surface area contributed by atoms with Gasteiger partial charge in [-0.3, -0.25) is 4.68 Å². The Bertz CT molecular complexity index is 965. The van der Waals surface area contributed by atoms with Crippen molar-refractivity contribution in [2.24, 2.45) is 7.05 Å². The molecule has 1 N–H and O–H groups in total. The Labute approximate surface area is 135 Å². The molecule has 4 rings (SSSR count). The number of thiazole rings is 1. The Balaban J connectivity index is 1.84. The molecule has 5 nitrogen and oxygen atoms in total. The summed E-state index contributed by atoms with van der Waals surface area (Å²) in [7, 11) is 1.99. The molecule has 0 aromatic carbocycles. The van der Waals surface area contributed by atoms with Crippen molar-refractivity contribution in [3.8, 4) is 0 Å². The average molecular weight is 329 g/mol. The van der Waals surface area contributed by atoms with Gasteiger partial charge in [-0.2, -0.15) is 5.10 Å². The standard InChI is InChI=1S/C15H15N5S2/c1-8-6-9(2)18-15-11(8)12-13(22-15)14(19-20(12)3)17-7-10-16-4-5-21-10/h4-6H,7H2,1-3H3,(H,17,19). The summed E-state index contributed by atoms with van der Waals surface area (Å²) in [6.45, 7) is 4.87. The molecule has 0 radical (unpaired) electrons. The molecule has 4 heterocycles. The minimum absolute atomic E-state index is 0.698. The van der Waals surface area contributed by atoms with Crippen LogP contribution in [0.15, 0.2) is 17.6 Å². The van der Waals surface area contributed by atoms with Crippen molar-refractivity contribution in [1.29, 1.82) is 0 Å². The third-order valence-electron chi connectivity index (χ3n) is 3.64. The van der Waals surface area contributed by atoms with E-state index in [0.29, 0.717) is 6.54 Å². The molecule has 0 fully saturated rings. The van der Waals surface area contributed by atoms with Crippen LogP contribution in [0, 0.1) is 13.8 Å². The van der Waals surface area contributed by atoms with Gasteiger partial charge in [-0.15, -0.1) is 22.7 Å². The average Bonchev–Trinajstić information content (AvgIpc) is 3.14. The van der Waals surface area contributed by atoms with E-state index in [1.54, 1.807) is 22.7 Å². The number of rotatable bonds is 3. The maximum Gasteiger partial charge on any atom is 0.166 e. The smallest absolute Gasteiger partial charge is 0.166 e. The van der Waals surface area contributed by atoms with E-state index in [1.165, 1.54) is 10.9 Å². The number of nitrogens with one attached hydrogen (secondary N) is 1. The Hall–Kier alpha value is -1.99. The predicted octanol–water partition coefficient (Wildman–Crippen LogP) is 3.87. The quantitative estimate of drug-likeness (QED) is 0.620. The van der Waals surface area contributed by atoms with Gasteiger partial charge in [0.25, 0.3) is 0 Å². The van der Waals surface area contributed by atoms with E-state index in [2.05, 4.69) is 33.4 Å². The van der Waals surface area contributed by atoms with Crippen LogP contribution in [-0.2, 0) is 13.6 Å². The summed E-state index contributed by atoms with van der Waals surface area (Å²) < 4.78 is 3.11. The van der Waals surface area contributed by atoms with Crippen LogP contribution in [0.5, 0.6) is 0 Å². The molecule has 0 atom stereocenters. The summed E-state index contributed by atoms with van der Waals surface area (Å²) in [5.41, 5.74) is 3.47. The van der Waals surface area contributed by atoms with Gasteiger partial charge >= 0.3 is 0 Å². The highest BCUT2D eigenvalue weighted by atomic mass is 32.1. The van der Waals surface area contributed by atoms with E-state index in [0.717, 1.165) is 31.6 Å². The monoisotopic (exact) mass is 329 g/mol. The van der Waals surface area contributed by atoms with Gasteiger partial charge in [-0.25, -0.2) is 9.97 Å². The lowest BCUT2D eigenvalue weighted by Gasteiger charge is -2.00. The summed E-state index contributed by atoms with van der Waals surface area (Å²) in [6.07, 6.45) is 1.82. The number of hydrogen-bond acceptors (Lipinski definition) is 6. The van der Waals surface area contributed by atoms with Crippen molar-refractivity contribution in [1.82, 2.24) is 19.7 Å². The largest absolute Gasteiger partial charge is 0.361 e. The Morgan fingerprint density at radius 3 is 2.95 bits per heavy atom. The summed E-state index contributed by atoms with van der Waals surface area (Å²) in [6, 6.07) is 2.13. The predicted molar refractivity (Wildman–Crippen MR) is 92.8 cm³/mol. The number of nitrogens with zero attached hydrogens (tertiary/aromatic N) is 4. The molecule has 0 aliphatic rings. The first-order valence-corrected chi connectivity index (χ1v) is 8.69. The van der Waals surface area contributed by atoms with Crippen molar-refractivity contribution >= 4 is 48.9 Å². The van der Waals surface area contributed by atoms with Crippen LogP contribution in [0.1, 0.15) is 16.3 Å². The molecule has 0 aliphatic carbocycles. The van der Waals surface area contributed by atoms with Gasteiger partial charge in [0.2, 0.25) is 0 Å². The number of pyridine rings is 1. The lowest BCUT2D eigenvalue weighted by molar-refractivity contribution is 0.798. The molecule has 0 aliphatic heterocycles. The van der Waals surface area contributed by atoms with Crippen LogP contribution >= 0.6 is 22.7 Å². The first-order chi connectivity index (χ1) is 10.6. The molecule has 0 saturated carbocycles. The molecule has 4 aromatic heterocycles. The molecule has 4 aromatic rings. The molecule has 0 unspecified atom stereocenters. The SMILES string of the molecule is Cc1cc(C)c2c(n1)sc1c(NCc3nccs3)nn(C)c12. The first-order valence-electron chi connectivity index (χ1n) is 6.99. The van der Waals surface area contributed by atoms with Gasteiger partial charge in [0.1, 0.15) is 9.84 Å². The third kappa shape index (κ3) is 2.08. The van der Waals surface area contributed by atoms with E-state index >= 15 is 0 Å². The third-order valence-corrected chi connectivity index (χ3v) is 5.50. The zero-order valence-corrected chi connectivity index (χ0v) is 14.2. The van der Waals surface area contributed by atoms with Crippen LogP contribution in [0.4, 0.5) is 5.82 Å². The van der Waals surface area contributed by atoms with Gasteiger partial charge in [0.05, 0.1) is 16.8 Å². The zero-order valence-electron chi connectivity index (χ0n) is 12.5. The molecule has 0 spiro atoms. The van der Waals surface area contributed by atoms with Crippen molar-refractivity contribution < 1.29 is 0 Å².